The number of rotatable bonds is 4. The number of ether oxygens (including phenoxy) is 1. The Morgan fingerprint density at radius 3 is 2.70 bits per heavy atom. The largest absolute Gasteiger partial charge is 0.497 e. The molecule has 3 rings (SSSR count). The number of anilines is 1. The summed E-state index contributed by atoms with van der Waals surface area (Å²) in [6, 6.07) is 11.4. The molecule has 0 fully saturated rings. The Bertz CT molecular complexity index is 903. The van der Waals surface area contributed by atoms with Gasteiger partial charge in [0, 0.05) is 13.1 Å². The average Bonchev–Trinajstić information content (AvgIpc) is 2.96. The van der Waals surface area contributed by atoms with Crippen molar-refractivity contribution in [3.8, 4) is 11.8 Å². The van der Waals surface area contributed by atoms with Crippen LogP contribution in [0.1, 0.15) is 17.0 Å². The molecule has 0 saturated carbocycles. The molecule has 23 heavy (non-hydrogen) atoms. The minimum atomic E-state index is 0.343. The van der Waals surface area contributed by atoms with Crippen LogP contribution in [0, 0.1) is 11.3 Å². The lowest BCUT2D eigenvalue weighted by Crippen LogP contribution is -1.97. The molecule has 0 saturated heterocycles. The van der Waals surface area contributed by atoms with Crippen LogP contribution in [0.2, 0.25) is 0 Å². The van der Waals surface area contributed by atoms with Crippen LogP contribution >= 0.6 is 0 Å². The summed E-state index contributed by atoms with van der Waals surface area (Å²) < 4.78 is 6.96. The molecule has 0 aliphatic carbocycles. The van der Waals surface area contributed by atoms with Gasteiger partial charge in [0.15, 0.2) is 0 Å². The highest BCUT2D eigenvalue weighted by molar-refractivity contribution is 5.76. The van der Waals surface area contributed by atoms with Gasteiger partial charge in [-0.15, -0.1) is 0 Å². The van der Waals surface area contributed by atoms with Crippen molar-refractivity contribution in [3.05, 3.63) is 53.6 Å². The van der Waals surface area contributed by atoms with Crippen LogP contribution in [0.4, 0.5) is 5.82 Å². The molecule has 0 atom stereocenters. The number of nitriles is 1. The quantitative estimate of drug-likeness (QED) is 0.802. The molecule has 0 unspecified atom stereocenters. The van der Waals surface area contributed by atoms with Gasteiger partial charge in [0.2, 0.25) is 0 Å². The highest BCUT2D eigenvalue weighted by atomic mass is 16.5. The van der Waals surface area contributed by atoms with Crippen molar-refractivity contribution in [3.63, 3.8) is 0 Å². The summed E-state index contributed by atoms with van der Waals surface area (Å²) in [7, 11) is 3.47. The van der Waals surface area contributed by atoms with E-state index in [1.807, 2.05) is 53.9 Å². The molecule has 2 aromatic heterocycles. The minimum Gasteiger partial charge on any atom is -0.497 e. The highest BCUT2D eigenvalue weighted by Crippen LogP contribution is 2.21. The summed E-state index contributed by atoms with van der Waals surface area (Å²) in [6.45, 7) is 0. The van der Waals surface area contributed by atoms with Gasteiger partial charge in [-0.1, -0.05) is 18.2 Å². The Labute approximate surface area is 133 Å². The van der Waals surface area contributed by atoms with Gasteiger partial charge in [-0.25, -0.2) is 9.97 Å². The van der Waals surface area contributed by atoms with Crippen LogP contribution in [0.3, 0.4) is 0 Å². The van der Waals surface area contributed by atoms with Gasteiger partial charge in [0.25, 0.3) is 0 Å². The Balaban J connectivity index is 1.98. The van der Waals surface area contributed by atoms with Crippen molar-refractivity contribution in [1.29, 1.82) is 5.26 Å². The maximum absolute atomic E-state index is 8.94. The first-order valence-corrected chi connectivity index (χ1v) is 7.03. The van der Waals surface area contributed by atoms with Crippen molar-refractivity contribution in [1.82, 2.24) is 14.4 Å². The molecular weight excluding hydrogens is 290 g/mol. The number of methoxy groups -OCH3 is 1. The fourth-order valence-electron chi connectivity index (χ4n) is 2.28. The fourth-order valence-corrected chi connectivity index (χ4v) is 2.28. The first-order valence-electron chi connectivity index (χ1n) is 7.03. The van der Waals surface area contributed by atoms with Gasteiger partial charge in [-0.2, -0.15) is 5.26 Å². The summed E-state index contributed by atoms with van der Waals surface area (Å²) in [4.78, 5) is 8.61. The maximum Gasteiger partial charge on any atom is 0.145 e. The number of hydrogen-bond acceptors (Lipinski definition) is 5. The molecule has 0 radical (unpaired) electrons. The van der Waals surface area contributed by atoms with E-state index in [1.165, 1.54) is 0 Å². The second-order valence-corrected chi connectivity index (χ2v) is 4.82. The number of nitrogens with zero attached hydrogens (tertiary/aromatic N) is 4. The Kier molecular flexibility index (Phi) is 3.93. The summed E-state index contributed by atoms with van der Waals surface area (Å²) >= 11 is 0. The first-order chi connectivity index (χ1) is 11.2. The van der Waals surface area contributed by atoms with Gasteiger partial charge in [0.05, 0.1) is 7.11 Å². The van der Waals surface area contributed by atoms with Crippen molar-refractivity contribution >= 4 is 23.6 Å². The summed E-state index contributed by atoms with van der Waals surface area (Å²) in [6.07, 6.45) is 5.49. The molecule has 3 aromatic rings. The van der Waals surface area contributed by atoms with Gasteiger partial charge in [-0.3, -0.25) is 4.40 Å². The lowest BCUT2D eigenvalue weighted by Gasteiger charge is -2.01. The zero-order chi connectivity index (χ0) is 16.2. The molecule has 0 bridgehead atoms. The van der Waals surface area contributed by atoms with E-state index in [9.17, 15) is 0 Å². The average molecular weight is 305 g/mol. The molecule has 0 amide bonds. The van der Waals surface area contributed by atoms with E-state index in [2.05, 4.69) is 15.3 Å². The molecule has 6 heteroatoms. The second-order valence-electron chi connectivity index (χ2n) is 4.82. The van der Waals surface area contributed by atoms with Crippen LogP contribution in [0.15, 0.2) is 36.7 Å². The zero-order valence-corrected chi connectivity index (χ0v) is 12.8. The third kappa shape index (κ3) is 2.85. The Morgan fingerprint density at radius 2 is 2.04 bits per heavy atom. The monoisotopic (exact) mass is 305 g/mol. The number of imidazole rings is 1. The lowest BCUT2D eigenvalue weighted by atomic mass is 10.2. The fraction of sp³-hybridized carbons (Fsp3) is 0.118. The van der Waals surface area contributed by atoms with Gasteiger partial charge >= 0.3 is 0 Å². The molecule has 6 nitrogen and oxygen atoms in total. The van der Waals surface area contributed by atoms with Crippen molar-refractivity contribution in [2.24, 2.45) is 0 Å². The zero-order valence-electron chi connectivity index (χ0n) is 12.8. The SMILES string of the molecule is CNc1c(/C=C/c2ccc(OC)cc2)nc2cc(C#N)ncn12. The highest BCUT2D eigenvalue weighted by Gasteiger charge is 2.09. The molecule has 1 N–H and O–H groups in total. The maximum atomic E-state index is 8.94. The standard InChI is InChI=1S/C17H15N5O/c1-19-17-15(8-5-12-3-6-14(23-2)7-4-12)21-16-9-13(10-18)20-11-22(16)17/h3-9,11,19H,1-2H3/b8-5+. The van der Waals surface area contributed by atoms with Crippen LogP contribution in [-0.2, 0) is 0 Å². The molecule has 1 aromatic carbocycles. The van der Waals surface area contributed by atoms with Crippen molar-refractivity contribution < 1.29 is 4.74 Å². The van der Waals surface area contributed by atoms with Crippen molar-refractivity contribution in [2.45, 2.75) is 0 Å². The molecule has 2 heterocycles. The third-order valence-corrected chi connectivity index (χ3v) is 3.44. The summed E-state index contributed by atoms with van der Waals surface area (Å²) in [5, 5.41) is 12.1. The number of nitrogens with one attached hydrogen (secondary N) is 1. The normalized spacial score (nSPS) is 10.8. The van der Waals surface area contributed by atoms with E-state index >= 15 is 0 Å². The van der Waals surface area contributed by atoms with Gasteiger partial charge in [0.1, 0.15) is 41.0 Å². The lowest BCUT2D eigenvalue weighted by molar-refractivity contribution is 0.415. The van der Waals surface area contributed by atoms with Crippen LogP contribution < -0.4 is 10.1 Å². The third-order valence-electron chi connectivity index (χ3n) is 3.44. The van der Waals surface area contributed by atoms with E-state index in [1.54, 1.807) is 19.5 Å². The number of benzene rings is 1. The summed E-state index contributed by atoms with van der Waals surface area (Å²) in [5.74, 6) is 1.64. The molecule has 0 aliphatic rings. The number of aromatic nitrogens is 3. The van der Waals surface area contributed by atoms with Gasteiger partial charge in [-0.05, 0) is 23.8 Å². The van der Waals surface area contributed by atoms with E-state index in [-0.39, 0.29) is 0 Å². The van der Waals surface area contributed by atoms with E-state index in [0.29, 0.717) is 11.3 Å². The molecule has 0 aliphatic heterocycles. The van der Waals surface area contributed by atoms with Crippen LogP contribution in [-0.4, -0.2) is 28.5 Å². The predicted molar refractivity (Wildman–Crippen MR) is 89.2 cm³/mol. The second kappa shape index (κ2) is 6.20. The molecule has 114 valence electrons. The Hall–Kier alpha value is -3.33. The van der Waals surface area contributed by atoms with Crippen LogP contribution in [0.5, 0.6) is 5.75 Å². The first kappa shape index (κ1) is 14.6. The minimum absolute atomic E-state index is 0.343. The Morgan fingerprint density at radius 1 is 1.26 bits per heavy atom. The predicted octanol–water partition coefficient (Wildman–Crippen LogP) is 2.82. The van der Waals surface area contributed by atoms with Gasteiger partial charge < -0.3 is 10.1 Å². The number of hydrogen-bond donors (Lipinski definition) is 1. The van der Waals surface area contributed by atoms with Crippen molar-refractivity contribution in [2.75, 3.05) is 19.5 Å². The number of fused-ring (bicyclic) bond motifs is 1. The molecule has 0 spiro atoms. The van der Waals surface area contributed by atoms with Crippen LogP contribution in [0.25, 0.3) is 17.8 Å². The van der Waals surface area contributed by atoms with E-state index in [4.69, 9.17) is 10.00 Å². The van der Waals surface area contributed by atoms with E-state index in [0.717, 1.165) is 22.8 Å². The topological polar surface area (TPSA) is 75.2 Å². The smallest absolute Gasteiger partial charge is 0.145 e. The molecular formula is C17H15N5O. The summed E-state index contributed by atoms with van der Waals surface area (Å²) in [5.41, 5.74) is 2.84. The van der Waals surface area contributed by atoms with E-state index < -0.39 is 0 Å².